The normalized spacial score (nSPS) is 11.4. The van der Waals surface area contributed by atoms with E-state index in [4.69, 9.17) is 4.74 Å². The van der Waals surface area contributed by atoms with Gasteiger partial charge in [-0.05, 0) is 63.6 Å². The molecule has 6 nitrogen and oxygen atoms in total. The standard InChI is InChI=1S/C23H31N3O3/c1-5-17(4)29-21-10-8-9-20(15-21)25-22(27)16-24-19-13-11-18(12-14-19)23(28)26(6-2)7-3/h8-15,17,24H,5-7,16H2,1-4H3,(H,25,27). The maximum absolute atomic E-state index is 12.3. The smallest absolute Gasteiger partial charge is 0.253 e. The molecule has 2 rings (SSSR count). The maximum Gasteiger partial charge on any atom is 0.253 e. The maximum atomic E-state index is 12.3. The van der Waals surface area contributed by atoms with Crippen molar-refractivity contribution in [2.45, 2.75) is 40.2 Å². The first-order chi connectivity index (χ1) is 14.0. The summed E-state index contributed by atoms with van der Waals surface area (Å²) in [5, 5.41) is 5.94. The zero-order chi connectivity index (χ0) is 21.2. The van der Waals surface area contributed by atoms with Gasteiger partial charge in [0.05, 0.1) is 12.6 Å². The Morgan fingerprint density at radius 2 is 1.69 bits per heavy atom. The molecule has 0 aromatic heterocycles. The second kappa shape index (κ2) is 11.1. The number of ether oxygens (including phenoxy) is 1. The van der Waals surface area contributed by atoms with Crippen molar-refractivity contribution in [1.82, 2.24) is 4.90 Å². The molecule has 0 spiro atoms. The highest BCUT2D eigenvalue weighted by atomic mass is 16.5. The van der Waals surface area contributed by atoms with Crippen LogP contribution in [0.3, 0.4) is 0 Å². The lowest BCUT2D eigenvalue weighted by Gasteiger charge is -2.18. The number of carbonyl (C=O) groups is 2. The van der Waals surface area contributed by atoms with Crippen molar-refractivity contribution in [2.24, 2.45) is 0 Å². The molecule has 0 saturated heterocycles. The van der Waals surface area contributed by atoms with E-state index in [1.807, 2.05) is 57.2 Å². The van der Waals surface area contributed by atoms with Gasteiger partial charge >= 0.3 is 0 Å². The lowest BCUT2D eigenvalue weighted by atomic mass is 10.1. The molecule has 0 aliphatic carbocycles. The molecule has 2 aromatic carbocycles. The van der Waals surface area contributed by atoms with Crippen molar-refractivity contribution < 1.29 is 14.3 Å². The van der Waals surface area contributed by atoms with E-state index in [0.717, 1.165) is 17.9 Å². The average molecular weight is 398 g/mol. The fourth-order valence-electron chi connectivity index (χ4n) is 2.77. The lowest BCUT2D eigenvalue weighted by Crippen LogP contribution is -2.30. The molecule has 6 heteroatoms. The van der Waals surface area contributed by atoms with Gasteiger partial charge in [0.2, 0.25) is 5.91 Å². The first kappa shape index (κ1) is 22.3. The highest BCUT2D eigenvalue weighted by molar-refractivity contribution is 5.95. The summed E-state index contributed by atoms with van der Waals surface area (Å²) in [6, 6.07) is 14.5. The average Bonchev–Trinajstić information content (AvgIpc) is 2.73. The summed E-state index contributed by atoms with van der Waals surface area (Å²) in [6.07, 6.45) is 1.04. The van der Waals surface area contributed by atoms with Gasteiger partial charge in [-0.3, -0.25) is 9.59 Å². The number of benzene rings is 2. The molecule has 1 atom stereocenters. The van der Waals surface area contributed by atoms with Crippen LogP contribution in [0.25, 0.3) is 0 Å². The number of hydrogen-bond acceptors (Lipinski definition) is 4. The van der Waals surface area contributed by atoms with Crippen molar-refractivity contribution >= 4 is 23.2 Å². The predicted molar refractivity (Wildman–Crippen MR) is 118 cm³/mol. The van der Waals surface area contributed by atoms with Gasteiger partial charge in [-0.15, -0.1) is 0 Å². The van der Waals surface area contributed by atoms with E-state index >= 15 is 0 Å². The first-order valence-electron chi connectivity index (χ1n) is 10.2. The van der Waals surface area contributed by atoms with Crippen LogP contribution in [0.4, 0.5) is 11.4 Å². The molecule has 0 bridgehead atoms. The molecular weight excluding hydrogens is 366 g/mol. The van der Waals surface area contributed by atoms with Crippen LogP contribution in [-0.2, 0) is 4.79 Å². The number of amides is 2. The lowest BCUT2D eigenvalue weighted by molar-refractivity contribution is -0.114. The summed E-state index contributed by atoms with van der Waals surface area (Å²) < 4.78 is 5.78. The number of rotatable bonds is 10. The first-order valence-corrected chi connectivity index (χ1v) is 10.2. The predicted octanol–water partition coefficient (Wildman–Crippen LogP) is 4.40. The molecule has 156 valence electrons. The van der Waals surface area contributed by atoms with Crippen molar-refractivity contribution in [3.8, 4) is 5.75 Å². The number of carbonyl (C=O) groups excluding carboxylic acids is 2. The van der Waals surface area contributed by atoms with Crippen LogP contribution in [0.15, 0.2) is 48.5 Å². The molecular formula is C23H31N3O3. The number of anilines is 2. The molecule has 2 amide bonds. The highest BCUT2D eigenvalue weighted by Gasteiger charge is 2.12. The Labute approximate surface area is 173 Å². The van der Waals surface area contributed by atoms with E-state index in [0.29, 0.717) is 24.3 Å². The van der Waals surface area contributed by atoms with Crippen LogP contribution in [0, 0.1) is 0 Å². The van der Waals surface area contributed by atoms with Gasteiger partial charge in [-0.1, -0.05) is 13.0 Å². The quantitative estimate of drug-likeness (QED) is 0.623. The fourth-order valence-corrected chi connectivity index (χ4v) is 2.77. The summed E-state index contributed by atoms with van der Waals surface area (Å²) in [5.74, 6) is 0.589. The molecule has 2 aromatic rings. The number of nitrogens with one attached hydrogen (secondary N) is 2. The van der Waals surface area contributed by atoms with Crippen LogP contribution >= 0.6 is 0 Å². The SMILES string of the molecule is CCC(C)Oc1cccc(NC(=O)CNc2ccc(C(=O)N(CC)CC)cc2)c1. The monoisotopic (exact) mass is 397 g/mol. The van der Waals surface area contributed by atoms with Gasteiger partial charge in [0.25, 0.3) is 5.91 Å². The topological polar surface area (TPSA) is 70.7 Å². The van der Waals surface area contributed by atoms with Crippen LogP contribution < -0.4 is 15.4 Å². The third kappa shape index (κ3) is 6.82. The minimum absolute atomic E-state index is 0.0128. The van der Waals surface area contributed by atoms with E-state index in [2.05, 4.69) is 17.6 Å². The van der Waals surface area contributed by atoms with Gasteiger partial charge in [-0.2, -0.15) is 0 Å². The Balaban J connectivity index is 1.88. The molecule has 0 saturated carbocycles. The van der Waals surface area contributed by atoms with Gasteiger partial charge in [-0.25, -0.2) is 0 Å². The third-order valence-electron chi connectivity index (χ3n) is 4.67. The number of nitrogens with zero attached hydrogens (tertiary/aromatic N) is 1. The van der Waals surface area contributed by atoms with E-state index < -0.39 is 0 Å². The van der Waals surface area contributed by atoms with Crippen LogP contribution in [0.5, 0.6) is 5.75 Å². The van der Waals surface area contributed by atoms with Crippen LogP contribution in [-0.4, -0.2) is 42.5 Å². The van der Waals surface area contributed by atoms with Gasteiger partial charge in [0, 0.05) is 36.1 Å². The summed E-state index contributed by atoms with van der Waals surface area (Å²) in [5.41, 5.74) is 2.12. The summed E-state index contributed by atoms with van der Waals surface area (Å²) in [4.78, 5) is 26.3. The van der Waals surface area contributed by atoms with E-state index in [1.165, 1.54) is 0 Å². The molecule has 0 aliphatic heterocycles. The molecule has 29 heavy (non-hydrogen) atoms. The molecule has 2 N–H and O–H groups in total. The largest absolute Gasteiger partial charge is 0.491 e. The minimum atomic E-state index is -0.158. The van der Waals surface area contributed by atoms with Crippen molar-refractivity contribution in [2.75, 3.05) is 30.3 Å². The second-order valence-electron chi connectivity index (χ2n) is 6.82. The Kier molecular flexibility index (Phi) is 8.52. The fraction of sp³-hybridized carbons (Fsp3) is 0.391. The zero-order valence-electron chi connectivity index (χ0n) is 17.7. The minimum Gasteiger partial charge on any atom is -0.491 e. The Bertz CT molecular complexity index is 801. The summed E-state index contributed by atoms with van der Waals surface area (Å²) in [7, 11) is 0. The zero-order valence-corrected chi connectivity index (χ0v) is 17.7. The molecule has 0 fully saturated rings. The molecule has 0 heterocycles. The van der Waals surface area contributed by atoms with E-state index in [1.54, 1.807) is 17.0 Å². The van der Waals surface area contributed by atoms with Gasteiger partial charge in [0.1, 0.15) is 5.75 Å². The van der Waals surface area contributed by atoms with Crippen LogP contribution in [0.2, 0.25) is 0 Å². The van der Waals surface area contributed by atoms with Gasteiger partial charge in [0.15, 0.2) is 0 Å². The number of hydrogen-bond donors (Lipinski definition) is 2. The van der Waals surface area contributed by atoms with Crippen molar-refractivity contribution in [1.29, 1.82) is 0 Å². The Morgan fingerprint density at radius 1 is 1.00 bits per heavy atom. The Hall–Kier alpha value is -3.02. The molecule has 0 aliphatic rings. The second-order valence-corrected chi connectivity index (χ2v) is 6.82. The molecule has 1 unspecified atom stereocenters. The van der Waals surface area contributed by atoms with Gasteiger partial charge < -0.3 is 20.3 Å². The summed E-state index contributed by atoms with van der Waals surface area (Å²) in [6.45, 7) is 9.48. The molecule has 0 radical (unpaired) electrons. The van der Waals surface area contributed by atoms with E-state index in [9.17, 15) is 9.59 Å². The van der Waals surface area contributed by atoms with Crippen molar-refractivity contribution in [3.63, 3.8) is 0 Å². The Morgan fingerprint density at radius 3 is 2.31 bits per heavy atom. The van der Waals surface area contributed by atoms with Crippen molar-refractivity contribution in [3.05, 3.63) is 54.1 Å². The highest BCUT2D eigenvalue weighted by Crippen LogP contribution is 2.19. The van der Waals surface area contributed by atoms with E-state index in [-0.39, 0.29) is 24.5 Å². The third-order valence-corrected chi connectivity index (χ3v) is 4.67. The summed E-state index contributed by atoms with van der Waals surface area (Å²) >= 11 is 0. The van der Waals surface area contributed by atoms with Crippen LogP contribution in [0.1, 0.15) is 44.5 Å².